The number of nitrogens with one attached hydrogen (secondary N) is 2. The smallest absolute Gasteiger partial charge is 0.410 e. The Hall–Kier alpha value is -4.75. The van der Waals surface area contributed by atoms with Crippen LogP contribution in [0.15, 0.2) is 59.7 Å². The Morgan fingerprint density at radius 2 is 1.75 bits per heavy atom. The number of carbonyl (C=O) groups is 1. The van der Waals surface area contributed by atoms with Gasteiger partial charge in [0.05, 0.1) is 40.0 Å². The Balaban J connectivity index is 1.33. The number of benzene rings is 2. The number of halogens is 1. The van der Waals surface area contributed by atoms with Crippen molar-refractivity contribution in [3.05, 3.63) is 59.7 Å². The zero-order valence-electron chi connectivity index (χ0n) is 29.8. The highest BCUT2D eigenvalue weighted by Gasteiger charge is 2.28. The fraction of sp³-hybridized carbons (Fsp3) is 0.371. The molecule has 0 unspecified atom stereocenters. The highest BCUT2D eigenvalue weighted by molar-refractivity contribution is 9.10. The van der Waals surface area contributed by atoms with Crippen molar-refractivity contribution in [3.63, 3.8) is 0 Å². The average Bonchev–Trinajstić information content (AvgIpc) is 3.57. The summed E-state index contributed by atoms with van der Waals surface area (Å²) in [5.41, 5.74) is 4.76. The third-order valence-electron chi connectivity index (χ3n) is 8.25. The number of nitrogens with zero attached hydrogens (tertiary/aromatic N) is 8. The SMILES string of the molecule is CCn1cc(-c2cc(Nc3ncc(Br)c(Nc4ccc5nccnc5c4P(C)(C)=O)n3)c(OC)cc2N2CCN(C(=O)OC(C)(C)C)CC2)cn1. The highest BCUT2D eigenvalue weighted by atomic mass is 79.9. The molecule has 0 radical (unpaired) electrons. The molecule has 0 spiro atoms. The van der Waals surface area contributed by atoms with Crippen LogP contribution in [-0.4, -0.2) is 92.9 Å². The molecule has 2 N–H and O–H groups in total. The summed E-state index contributed by atoms with van der Waals surface area (Å²) in [6.45, 7) is 14.1. The van der Waals surface area contributed by atoms with Crippen molar-refractivity contribution in [3.8, 4) is 16.9 Å². The first-order chi connectivity index (χ1) is 24.2. The van der Waals surface area contributed by atoms with E-state index in [1.165, 1.54) is 0 Å². The predicted molar refractivity (Wildman–Crippen MR) is 205 cm³/mol. The second kappa shape index (κ2) is 14.5. The van der Waals surface area contributed by atoms with Crippen LogP contribution in [-0.2, 0) is 15.8 Å². The average molecular weight is 778 g/mol. The van der Waals surface area contributed by atoms with Gasteiger partial charge in [0, 0.05) is 80.4 Å². The Labute approximate surface area is 305 Å². The molecule has 268 valence electrons. The minimum absolute atomic E-state index is 0.309. The summed E-state index contributed by atoms with van der Waals surface area (Å²) in [4.78, 5) is 35.0. The van der Waals surface area contributed by atoms with E-state index in [0.29, 0.717) is 75.9 Å². The van der Waals surface area contributed by atoms with Crippen LogP contribution >= 0.6 is 23.1 Å². The molecule has 1 fully saturated rings. The van der Waals surface area contributed by atoms with Crippen LogP contribution in [0.5, 0.6) is 5.75 Å². The lowest BCUT2D eigenvalue weighted by molar-refractivity contribution is 0.0240. The van der Waals surface area contributed by atoms with Crippen molar-refractivity contribution < 1.29 is 18.8 Å². The monoisotopic (exact) mass is 776 g/mol. The maximum Gasteiger partial charge on any atom is 0.410 e. The predicted octanol–water partition coefficient (Wildman–Crippen LogP) is 6.87. The van der Waals surface area contributed by atoms with E-state index >= 15 is 0 Å². The van der Waals surface area contributed by atoms with Gasteiger partial charge in [0.25, 0.3) is 0 Å². The van der Waals surface area contributed by atoms with E-state index in [1.807, 2.05) is 69.0 Å². The van der Waals surface area contributed by atoms with Gasteiger partial charge in [-0.05, 0) is 75.2 Å². The molecule has 0 atom stereocenters. The molecule has 2 aromatic carbocycles. The molecule has 1 amide bonds. The molecular weight excluding hydrogens is 735 g/mol. The van der Waals surface area contributed by atoms with Gasteiger partial charge in [-0.2, -0.15) is 10.1 Å². The summed E-state index contributed by atoms with van der Waals surface area (Å²) in [7, 11) is -1.17. The number of anilines is 5. The number of fused-ring (bicyclic) bond motifs is 1. The number of hydrogen-bond acceptors (Lipinski definition) is 12. The summed E-state index contributed by atoms with van der Waals surface area (Å²) in [5.74, 6) is 1.36. The molecule has 4 heterocycles. The van der Waals surface area contributed by atoms with Gasteiger partial charge in [0.1, 0.15) is 29.8 Å². The maximum absolute atomic E-state index is 13.5. The quantitative estimate of drug-likeness (QED) is 0.150. The Morgan fingerprint density at radius 1 is 1.00 bits per heavy atom. The van der Waals surface area contributed by atoms with Gasteiger partial charge < -0.3 is 34.5 Å². The third kappa shape index (κ3) is 8.10. The van der Waals surface area contributed by atoms with Gasteiger partial charge in [-0.25, -0.2) is 9.78 Å². The Morgan fingerprint density at radius 3 is 2.41 bits per heavy atom. The molecule has 14 nitrogen and oxygen atoms in total. The lowest BCUT2D eigenvalue weighted by Gasteiger charge is -2.37. The van der Waals surface area contributed by atoms with Gasteiger partial charge in [0.15, 0.2) is 0 Å². The molecule has 5 aromatic rings. The van der Waals surface area contributed by atoms with Crippen LogP contribution in [0.3, 0.4) is 0 Å². The van der Waals surface area contributed by atoms with Crippen LogP contribution in [0.2, 0.25) is 0 Å². The number of piperazine rings is 1. The number of hydrogen-bond donors (Lipinski definition) is 2. The minimum atomic E-state index is -2.79. The molecule has 0 bridgehead atoms. The summed E-state index contributed by atoms with van der Waals surface area (Å²) in [6, 6.07) is 7.68. The van der Waals surface area contributed by atoms with E-state index in [1.54, 1.807) is 43.9 Å². The zero-order chi connectivity index (χ0) is 36.5. The molecule has 1 saturated heterocycles. The lowest BCUT2D eigenvalue weighted by Crippen LogP contribution is -2.50. The van der Waals surface area contributed by atoms with Gasteiger partial charge >= 0.3 is 6.09 Å². The van der Waals surface area contributed by atoms with E-state index in [2.05, 4.69) is 51.5 Å². The summed E-state index contributed by atoms with van der Waals surface area (Å²) >= 11 is 3.57. The molecule has 1 aliphatic heterocycles. The highest BCUT2D eigenvalue weighted by Crippen LogP contribution is 2.43. The minimum Gasteiger partial charge on any atom is -0.494 e. The van der Waals surface area contributed by atoms with Gasteiger partial charge in [-0.15, -0.1) is 0 Å². The fourth-order valence-electron chi connectivity index (χ4n) is 5.89. The molecule has 0 aliphatic carbocycles. The molecule has 6 rings (SSSR count). The molecule has 3 aromatic heterocycles. The number of aryl methyl sites for hydroxylation is 1. The van der Waals surface area contributed by atoms with E-state index < -0.39 is 12.7 Å². The molecule has 1 aliphatic rings. The standard InChI is InChI=1S/C35H42BrN10O4P/c1-8-46-21-22(19-40-46)23-17-27(29(49-5)18-28(23)44-13-15-45(16-14-44)34(47)50-35(2,3)4)42-33-39-20-24(36)32(43-33)41-26-10-9-25-30(38-12-11-37-25)31(26)51(6,7)48/h9-12,17-21H,8,13-16H2,1-7H3,(H2,39,41,42,43). The van der Waals surface area contributed by atoms with Crippen LogP contribution < -0.4 is 25.6 Å². The van der Waals surface area contributed by atoms with E-state index in [9.17, 15) is 9.36 Å². The van der Waals surface area contributed by atoms with Crippen molar-refractivity contribution in [2.24, 2.45) is 0 Å². The first-order valence-electron chi connectivity index (χ1n) is 16.6. The van der Waals surface area contributed by atoms with E-state index in [4.69, 9.17) is 14.5 Å². The molecule has 0 saturated carbocycles. The second-order valence-electron chi connectivity index (χ2n) is 13.5. The van der Waals surface area contributed by atoms with Crippen molar-refractivity contribution in [1.82, 2.24) is 34.6 Å². The molecule has 51 heavy (non-hydrogen) atoms. The van der Waals surface area contributed by atoms with Crippen LogP contribution in [0.1, 0.15) is 27.7 Å². The Bertz CT molecular complexity index is 2120. The lowest BCUT2D eigenvalue weighted by atomic mass is 10.0. The van der Waals surface area contributed by atoms with E-state index in [-0.39, 0.29) is 6.09 Å². The van der Waals surface area contributed by atoms with Crippen molar-refractivity contribution in [1.29, 1.82) is 0 Å². The normalized spacial score (nSPS) is 13.7. The van der Waals surface area contributed by atoms with Gasteiger partial charge in [-0.1, -0.05) is 0 Å². The fourth-order valence-corrected chi connectivity index (χ4v) is 7.57. The first-order valence-corrected chi connectivity index (χ1v) is 20.0. The first kappa shape index (κ1) is 36.1. The number of amides is 1. The second-order valence-corrected chi connectivity index (χ2v) is 17.5. The third-order valence-corrected chi connectivity index (χ3v) is 10.4. The molecule has 16 heteroatoms. The van der Waals surface area contributed by atoms with Crippen LogP contribution in [0, 0.1) is 0 Å². The van der Waals surface area contributed by atoms with Crippen molar-refractivity contribution in [2.45, 2.75) is 39.8 Å². The van der Waals surface area contributed by atoms with Gasteiger partial charge in [-0.3, -0.25) is 14.6 Å². The van der Waals surface area contributed by atoms with Crippen LogP contribution in [0.4, 0.5) is 33.6 Å². The van der Waals surface area contributed by atoms with Crippen LogP contribution in [0.25, 0.3) is 22.2 Å². The van der Waals surface area contributed by atoms with Gasteiger partial charge in [0.2, 0.25) is 5.95 Å². The maximum atomic E-state index is 13.5. The summed E-state index contributed by atoms with van der Waals surface area (Å²) in [5, 5.41) is 11.8. The van der Waals surface area contributed by atoms with Crippen molar-refractivity contribution >= 4 is 74.3 Å². The summed E-state index contributed by atoms with van der Waals surface area (Å²) < 4.78 is 27.5. The largest absolute Gasteiger partial charge is 0.494 e. The number of ether oxygens (including phenoxy) is 2. The Kier molecular flexibility index (Phi) is 10.2. The number of carbonyl (C=O) groups excluding carboxylic acids is 1. The number of methoxy groups -OCH3 is 1. The summed E-state index contributed by atoms with van der Waals surface area (Å²) in [6.07, 6.45) is 8.40. The number of aromatic nitrogens is 6. The van der Waals surface area contributed by atoms with Crippen molar-refractivity contribution in [2.75, 3.05) is 62.2 Å². The van der Waals surface area contributed by atoms with E-state index in [0.717, 1.165) is 23.4 Å². The molecular formula is C35H42BrN10O4P. The zero-order valence-corrected chi connectivity index (χ0v) is 32.2. The number of rotatable bonds is 9. The topological polar surface area (TPSA) is 153 Å².